The van der Waals surface area contributed by atoms with Crippen LogP contribution in [0.2, 0.25) is 0 Å². The second kappa shape index (κ2) is 6.74. The zero-order valence-corrected chi connectivity index (χ0v) is 12.8. The van der Waals surface area contributed by atoms with Crippen LogP contribution >= 0.6 is 0 Å². The van der Waals surface area contributed by atoms with Crippen molar-refractivity contribution in [1.82, 2.24) is 0 Å². The summed E-state index contributed by atoms with van der Waals surface area (Å²) in [4.78, 5) is 21.0. The van der Waals surface area contributed by atoms with E-state index in [1.165, 1.54) is 0 Å². The van der Waals surface area contributed by atoms with E-state index >= 15 is 0 Å². The maximum absolute atomic E-state index is 12.3. The van der Waals surface area contributed by atoms with Gasteiger partial charge in [0.1, 0.15) is 0 Å². The minimum absolute atomic E-state index is 0. The summed E-state index contributed by atoms with van der Waals surface area (Å²) in [5.41, 5.74) is -0.275. The maximum Gasteiger partial charge on any atom is 2.00 e. The first-order chi connectivity index (χ1) is 9.82. The zero-order valence-electron chi connectivity index (χ0n) is 10.8. The SMILES string of the molecule is O=C([O-])c1ccc(S(=O)(=O)c2ccc(C(=O)[O-])cc2)cc1.[Fe+2]. The number of hydrogen-bond acceptors (Lipinski definition) is 6. The van der Waals surface area contributed by atoms with Crippen molar-refractivity contribution < 1.29 is 45.3 Å². The van der Waals surface area contributed by atoms with Crippen LogP contribution < -0.4 is 10.2 Å². The largest absolute Gasteiger partial charge is 2.00 e. The van der Waals surface area contributed by atoms with Crippen molar-refractivity contribution in [2.24, 2.45) is 0 Å². The standard InChI is InChI=1S/C14H10O6S.Fe/c15-13(16)9-1-5-11(6-2-9)21(19,20)12-7-3-10(4-8-12)14(17)18;/h1-8H,(H,15,16)(H,17,18);/q;+2/p-2. The van der Waals surface area contributed by atoms with Crippen molar-refractivity contribution in [3.63, 3.8) is 0 Å². The molecule has 0 amide bonds. The van der Waals surface area contributed by atoms with Gasteiger partial charge in [0.25, 0.3) is 0 Å². The number of carbonyl (C=O) groups is 2. The molecule has 0 fully saturated rings. The number of carboxylic acid groups (broad SMARTS) is 2. The molecule has 22 heavy (non-hydrogen) atoms. The monoisotopic (exact) mass is 360 g/mol. The predicted molar refractivity (Wildman–Crippen MR) is 67.0 cm³/mol. The Hall–Kier alpha value is -2.15. The molecule has 0 N–H and O–H groups in total. The molecule has 0 aliphatic carbocycles. The molecule has 0 aliphatic rings. The molecule has 0 unspecified atom stereocenters. The third-order valence-corrected chi connectivity index (χ3v) is 4.59. The maximum atomic E-state index is 12.3. The Kier molecular flexibility index (Phi) is 5.48. The van der Waals surface area contributed by atoms with Crippen LogP contribution in [0.1, 0.15) is 20.7 Å². The molecule has 2 aromatic rings. The fourth-order valence-electron chi connectivity index (χ4n) is 1.68. The molecule has 8 heteroatoms. The van der Waals surface area contributed by atoms with Crippen molar-refractivity contribution in [3.05, 3.63) is 59.7 Å². The van der Waals surface area contributed by atoms with E-state index in [4.69, 9.17) is 0 Å². The quantitative estimate of drug-likeness (QED) is 0.663. The van der Waals surface area contributed by atoms with Crippen LogP contribution in [0, 0.1) is 0 Å². The summed E-state index contributed by atoms with van der Waals surface area (Å²) in [6, 6.07) is 9.07. The minimum atomic E-state index is -3.85. The molecule has 0 spiro atoms. The smallest absolute Gasteiger partial charge is 0.545 e. The predicted octanol–water partition coefficient (Wildman–Crippen LogP) is -0.756. The van der Waals surface area contributed by atoms with Gasteiger partial charge in [-0.1, -0.05) is 24.3 Å². The van der Waals surface area contributed by atoms with Gasteiger partial charge in [-0.05, 0) is 35.4 Å². The van der Waals surface area contributed by atoms with Crippen molar-refractivity contribution in [1.29, 1.82) is 0 Å². The van der Waals surface area contributed by atoms with Crippen molar-refractivity contribution in [2.45, 2.75) is 9.79 Å². The Balaban J connectivity index is 0.00000242. The molecule has 6 nitrogen and oxygen atoms in total. The van der Waals surface area contributed by atoms with E-state index in [-0.39, 0.29) is 38.0 Å². The average molecular weight is 360 g/mol. The number of aromatic carboxylic acids is 2. The fraction of sp³-hybridized carbons (Fsp3) is 0. The number of carboxylic acids is 2. The molecule has 0 saturated carbocycles. The number of sulfone groups is 1. The van der Waals surface area contributed by atoms with Gasteiger partial charge >= 0.3 is 17.1 Å². The number of carbonyl (C=O) groups excluding carboxylic acids is 2. The van der Waals surface area contributed by atoms with Crippen LogP contribution in [0.4, 0.5) is 0 Å². The number of rotatable bonds is 4. The first-order valence-electron chi connectivity index (χ1n) is 5.70. The van der Waals surface area contributed by atoms with E-state index in [9.17, 15) is 28.2 Å². The summed E-state index contributed by atoms with van der Waals surface area (Å²) >= 11 is 0. The summed E-state index contributed by atoms with van der Waals surface area (Å²) in [6.45, 7) is 0. The molecule has 0 saturated heterocycles. The van der Waals surface area contributed by atoms with Gasteiger partial charge in [0.15, 0.2) is 0 Å². The van der Waals surface area contributed by atoms with E-state index in [0.717, 1.165) is 48.5 Å². The van der Waals surface area contributed by atoms with Crippen LogP contribution in [0.25, 0.3) is 0 Å². The van der Waals surface area contributed by atoms with Gasteiger partial charge in [0.05, 0.1) is 21.7 Å². The van der Waals surface area contributed by atoms with Gasteiger partial charge < -0.3 is 19.8 Å². The molecule has 114 valence electrons. The van der Waals surface area contributed by atoms with Crippen molar-refractivity contribution in [3.8, 4) is 0 Å². The zero-order chi connectivity index (χ0) is 15.6. The molecule has 2 rings (SSSR count). The molecule has 0 aliphatic heterocycles. The summed E-state index contributed by atoms with van der Waals surface area (Å²) in [7, 11) is -3.85. The second-order valence-corrected chi connectivity index (χ2v) is 6.08. The fourth-order valence-corrected chi connectivity index (χ4v) is 2.94. The van der Waals surface area contributed by atoms with Crippen LogP contribution in [0.15, 0.2) is 58.3 Å². The van der Waals surface area contributed by atoms with E-state index in [0.29, 0.717) is 0 Å². The molecule has 0 atom stereocenters. The topological polar surface area (TPSA) is 114 Å². The molecule has 0 radical (unpaired) electrons. The Morgan fingerprint density at radius 2 is 0.955 bits per heavy atom. The third kappa shape index (κ3) is 3.54. The van der Waals surface area contributed by atoms with Crippen LogP contribution in [-0.4, -0.2) is 20.4 Å². The van der Waals surface area contributed by atoms with Crippen LogP contribution in [0.3, 0.4) is 0 Å². The van der Waals surface area contributed by atoms with E-state index < -0.39 is 21.8 Å². The Bertz CT molecular complexity index is 731. The van der Waals surface area contributed by atoms with E-state index in [1.807, 2.05) is 0 Å². The molecular formula is C14H8FeO6S. The Morgan fingerprint density at radius 3 is 1.18 bits per heavy atom. The molecule has 2 aromatic carbocycles. The summed E-state index contributed by atoms with van der Waals surface area (Å²) in [6.07, 6.45) is 0. The van der Waals surface area contributed by atoms with Crippen LogP contribution in [0.5, 0.6) is 0 Å². The van der Waals surface area contributed by atoms with Crippen molar-refractivity contribution in [2.75, 3.05) is 0 Å². The summed E-state index contributed by atoms with van der Waals surface area (Å²) in [5.74, 6) is -2.81. The number of benzene rings is 2. The van der Waals surface area contributed by atoms with Crippen molar-refractivity contribution >= 4 is 21.8 Å². The Labute approximate surface area is 136 Å². The molecule has 0 aromatic heterocycles. The first-order valence-corrected chi connectivity index (χ1v) is 7.18. The molecule has 0 heterocycles. The normalized spacial score (nSPS) is 10.5. The third-order valence-electron chi connectivity index (χ3n) is 2.80. The van der Waals surface area contributed by atoms with Gasteiger partial charge in [-0.15, -0.1) is 0 Å². The van der Waals surface area contributed by atoms with E-state index in [2.05, 4.69) is 0 Å². The van der Waals surface area contributed by atoms with Gasteiger partial charge in [-0.3, -0.25) is 0 Å². The molecule has 0 bridgehead atoms. The second-order valence-electron chi connectivity index (χ2n) is 4.13. The van der Waals surface area contributed by atoms with Gasteiger partial charge in [-0.2, -0.15) is 0 Å². The van der Waals surface area contributed by atoms with E-state index in [1.54, 1.807) is 0 Å². The summed E-state index contributed by atoms with van der Waals surface area (Å²) < 4.78 is 24.5. The Morgan fingerprint density at radius 1 is 0.682 bits per heavy atom. The van der Waals surface area contributed by atoms with Gasteiger partial charge in [0, 0.05) is 0 Å². The first kappa shape index (κ1) is 17.9. The van der Waals surface area contributed by atoms with Gasteiger partial charge in [-0.25, -0.2) is 8.42 Å². The number of hydrogen-bond donors (Lipinski definition) is 0. The minimum Gasteiger partial charge on any atom is -0.545 e. The van der Waals surface area contributed by atoms with Crippen LogP contribution in [-0.2, 0) is 26.9 Å². The summed E-state index contributed by atoms with van der Waals surface area (Å²) in [5, 5.41) is 21.2. The molecular weight excluding hydrogens is 352 g/mol. The van der Waals surface area contributed by atoms with Gasteiger partial charge in [0.2, 0.25) is 9.84 Å². The average Bonchev–Trinajstić information content (AvgIpc) is 2.47.